The Hall–Kier alpha value is -4.53. The highest BCUT2D eigenvalue weighted by molar-refractivity contribution is 6.35. The van der Waals surface area contributed by atoms with Gasteiger partial charge in [-0.05, 0) is 31.2 Å². The molecule has 2 saturated heterocycles. The molecule has 2 fully saturated rings. The smallest absolute Gasteiger partial charge is 0.422 e. The molecule has 0 radical (unpaired) electrons. The molecule has 274 valence electrons. The highest BCUT2D eigenvalue weighted by Gasteiger charge is 2.30. The van der Waals surface area contributed by atoms with Gasteiger partial charge in [-0.1, -0.05) is 23.2 Å². The van der Waals surface area contributed by atoms with Gasteiger partial charge in [0.1, 0.15) is 33.6 Å². The van der Waals surface area contributed by atoms with E-state index < -0.39 is 30.5 Å². The lowest BCUT2D eigenvalue weighted by atomic mass is 10.2. The lowest BCUT2D eigenvalue weighted by molar-refractivity contribution is -0.154. The van der Waals surface area contributed by atoms with Crippen LogP contribution in [-0.4, -0.2) is 101 Å². The van der Waals surface area contributed by atoms with Crippen LogP contribution in [-0.2, 0) is 9.47 Å². The minimum atomic E-state index is -4.55. The second kappa shape index (κ2) is 17.6. The topological polar surface area (TPSA) is 202 Å². The molecule has 0 spiro atoms. The van der Waals surface area contributed by atoms with Crippen LogP contribution in [0.25, 0.3) is 0 Å². The Labute approximate surface area is 298 Å². The number of hydrogen-bond donors (Lipinski definition) is 6. The third-order valence-electron chi connectivity index (χ3n) is 7.06. The molecule has 0 unspecified atom stereocenters. The van der Waals surface area contributed by atoms with E-state index in [0.29, 0.717) is 43.4 Å². The third kappa shape index (κ3) is 10.5. The minimum Gasteiger partial charge on any atom is -0.476 e. The van der Waals surface area contributed by atoms with E-state index in [1.165, 1.54) is 6.20 Å². The first-order chi connectivity index (χ1) is 24.5. The van der Waals surface area contributed by atoms with Crippen LogP contribution in [0.5, 0.6) is 11.8 Å². The van der Waals surface area contributed by atoms with Gasteiger partial charge in [0.2, 0.25) is 0 Å². The van der Waals surface area contributed by atoms with Crippen LogP contribution in [0.2, 0.25) is 10.0 Å². The van der Waals surface area contributed by atoms with Crippen LogP contribution in [0.15, 0.2) is 36.7 Å². The minimum absolute atomic E-state index is 0.0701. The van der Waals surface area contributed by atoms with Gasteiger partial charge in [-0.2, -0.15) is 13.2 Å². The summed E-state index contributed by atoms with van der Waals surface area (Å²) in [5.74, 6) is -1.41. The zero-order valence-corrected chi connectivity index (χ0v) is 28.4. The number of alkyl halides is 3. The first kappa shape index (κ1) is 37.7. The molecule has 0 aromatic carbocycles. The third-order valence-corrected chi connectivity index (χ3v) is 7.77. The summed E-state index contributed by atoms with van der Waals surface area (Å²) in [6, 6.07) is 6.93. The van der Waals surface area contributed by atoms with E-state index in [1.54, 1.807) is 24.4 Å². The molecule has 16 nitrogen and oxygen atoms in total. The maximum absolute atomic E-state index is 12.3. The van der Waals surface area contributed by atoms with E-state index in [2.05, 4.69) is 56.4 Å². The number of nitrogens with zero attached hydrogens (tertiary/aromatic N) is 4. The monoisotopic (exact) mass is 756 g/mol. The van der Waals surface area contributed by atoms with Gasteiger partial charge in [0.25, 0.3) is 23.6 Å². The quantitative estimate of drug-likeness (QED) is 0.136. The molecule has 2 amide bonds. The Morgan fingerprint density at radius 1 is 0.824 bits per heavy atom. The van der Waals surface area contributed by atoms with Crippen molar-refractivity contribution in [3.8, 4) is 11.8 Å². The number of ether oxygens (including phenoxy) is 4. The van der Waals surface area contributed by atoms with Crippen molar-refractivity contribution in [3.63, 3.8) is 0 Å². The fraction of sp³-hybridized carbons (Fsp3) is 0.400. The molecular formula is C30H33Cl2F3N10O6. The standard InChI is InChI=1S/C15H15ClF3N5O3.C15H18ClN5O3/c16-11-12(23-24-14(11)27-7-15(17,18)19)13(25)22-8-1-2-9(21-5-8)10-6-20-3-4-26-10;1-2-23-15-12(16)13(20-21-15)14(22)19-9-3-4-10(18-7-9)11-8-17-5-6-24-11/h1-2,5,10,20H,3-4,6-7H2,(H,22,25)(H,23,24);3-4,7,11,17H,2,5-6,8H2,1H3,(H,19,22)(H,20,21)/t10-;11-/m00/s1. The van der Waals surface area contributed by atoms with Crippen molar-refractivity contribution in [1.29, 1.82) is 0 Å². The average molecular weight is 758 g/mol. The van der Waals surface area contributed by atoms with Crippen molar-refractivity contribution < 1.29 is 41.7 Å². The number of morpholine rings is 2. The van der Waals surface area contributed by atoms with Crippen molar-refractivity contribution in [1.82, 2.24) is 41.0 Å². The van der Waals surface area contributed by atoms with Gasteiger partial charge in [0.05, 0.1) is 55.0 Å². The maximum atomic E-state index is 12.3. The van der Waals surface area contributed by atoms with Crippen LogP contribution in [0.4, 0.5) is 24.5 Å². The largest absolute Gasteiger partial charge is 0.476 e. The van der Waals surface area contributed by atoms with Gasteiger partial charge in [0, 0.05) is 26.2 Å². The number of amides is 2. The number of halogens is 5. The van der Waals surface area contributed by atoms with Gasteiger partial charge in [0.15, 0.2) is 6.61 Å². The van der Waals surface area contributed by atoms with Crippen molar-refractivity contribution in [2.24, 2.45) is 0 Å². The van der Waals surface area contributed by atoms with E-state index >= 15 is 0 Å². The molecule has 21 heteroatoms. The lowest BCUT2D eigenvalue weighted by Crippen LogP contribution is -2.33. The molecule has 51 heavy (non-hydrogen) atoms. The van der Waals surface area contributed by atoms with Crippen molar-refractivity contribution in [2.75, 3.05) is 63.2 Å². The van der Waals surface area contributed by atoms with Crippen molar-refractivity contribution in [3.05, 3.63) is 69.5 Å². The van der Waals surface area contributed by atoms with Crippen molar-refractivity contribution in [2.45, 2.75) is 25.3 Å². The Kier molecular flexibility index (Phi) is 13.0. The van der Waals surface area contributed by atoms with Crippen LogP contribution in [0, 0.1) is 0 Å². The van der Waals surface area contributed by atoms with Gasteiger partial charge in [-0.15, -0.1) is 10.2 Å². The highest BCUT2D eigenvalue weighted by Crippen LogP contribution is 2.29. The van der Waals surface area contributed by atoms with Crippen molar-refractivity contribution >= 4 is 46.4 Å². The summed E-state index contributed by atoms with van der Waals surface area (Å²) in [5.41, 5.74) is 2.37. The summed E-state index contributed by atoms with van der Waals surface area (Å²) < 4.78 is 57.5. The number of rotatable bonds is 10. The Morgan fingerprint density at radius 2 is 1.29 bits per heavy atom. The molecular weight excluding hydrogens is 724 g/mol. The number of aromatic nitrogens is 6. The zero-order valence-electron chi connectivity index (χ0n) is 26.9. The van der Waals surface area contributed by atoms with Gasteiger partial charge in [-0.3, -0.25) is 29.8 Å². The van der Waals surface area contributed by atoms with Crippen LogP contribution in [0.1, 0.15) is 51.5 Å². The number of H-pyrrole nitrogens is 2. The molecule has 0 bridgehead atoms. The maximum Gasteiger partial charge on any atom is 0.422 e. The Balaban J connectivity index is 0.000000199. The Morgan fingerprint density at radius 3 is 1.67 bits per heavy atom. The van der Waals surface area contributed by atoms with Crippen LogP contribution < -0.4 is 30.7 Å². The fourth-order valence-corrected chi connectivity index (χ4v) is 5.09. The molecule has 0 aliphatic carbocycles. The predicted octanol–water partition coefficient (Wildman–Crippen LogP) is 4.08. The van der Waals surface area contributed by atoms with E-state index in [1.807, 2.05) is 13.0 Å². The summed E-state index contributed by atoms with van der Waals surface area (Å²) in [6.45, 7) is 4.89. The highest BCUT2D eigenvalue weighted by atomic mass is 35.5. The molecule has 2 aliphatic rings. The number of carbonyl (C=O) groups excluding carboxylic acids is 2. The Bertz CT molecular complexity index is 1750. The molecule has 0 saturated carbocycles. The van der Waals surface area contributed by atoms with Crippen LogP contribution in [0.3, 0.4) is 0 Å². The summed E-state index contributed by atoms with van der Waals surface area (Å²) in [5, 5.41) is 23.7. The lowest BCUT2D eigenvalue weighted by Gasteiger charge is -2.23. The molecule has 2 aliphatic heterocycles. The van der Waals surface area contributed by atoms with Gasteiger partial charge >= 0.3 is 6.18 Å². The first-order valence-corrected chi connectivity index (χ1v) is 16.3. The number of anilines is 2. The number of nitrogens with one attached hydrogen (secondary N) is 6. The van der Waals surface area contributed by atoms with Crippen LogP contribution >= 0.6 is 23.2 Å². The summed E-state index contributed by atoms with van der Waals surface area (Å²) in [7, 11) is 0. The normalized spacial score (nSPS) is 17.5. The summed E-state index contributed by atoms with van der Waals surface area (Å²) in [4.78, 5) is 33.1. The number of pyridine rings is 2. The van der Waals surface area contributed by atoms with E-state index in [9.17, 15) is 22.8 Å². The molecule has 2 atom stereocenters. The summed E-state index contributed by atoms with van der Waals surface area (Å²) in [6.07, 6.45) is -1.76. The first-order valence-electron chi connectivity index (χ1n) is 15.5. The second-order valence-electron chi connectivity index (χ2n) is 10.8. The summed E-state index contributed by atoms with van der Waals surface area (Å²) >= 11 is 11.9. The van der Waals surface area contributed by atoms with E-state index in [-0.39, 0.29) is 39.5 Å². The molecule has 4 aromatic heterocycles. The van der Waals surface area contributed by atoms with E-state index in [0.717, 1.165) is 25.3 Å². The van der Waals surface area contributed by atoms with Gasteiger partial charge < -0.3 is 40.2 Å². The number of aromatic amines is 2. The molecule has 6 rings (SSSR count). The molecule has 4 aromatic rings. The van der Waals surface area contributed by atoms with E-state index in [4.69, 9.17) is 37.4 Å². The molecule has 6 heterocycles. The molecule has 6 N–H and O–H groups in total. The van der Waals surface area contributed by atoms with Gasteiger partial charge in [-0.25, -0.2) is 0 Å². The zero-order chi connectivity index (χ0) is 36.4. The average Bonchev–Trinajstić information content (AvgIpc) is 3.70. The number of hydrogen-bond acceptors (Lipinski definition) is 12. The fourth-order valence-electron chi connectivity index (χ4n) is 4.64. The second-order valence-corrected chi connectivity index (χ2v) is 11.5. The SMILES string of the molecule is CCOc1n[nH]c(C(=O)Nc2ccc([C@@H]3CNCCO3)nc2)c1Cl.O=C(Nc1ccc([C@@H]2CNCCO2)nc1)c1[nH]nc(OCC(F)(F)F)c1Cl. The number of carbonyl (C=O) groups is 2. The predicted molar refractivity (Wildman–Crippen MR) is 177 cm³/mol.